The first-order valence-electron chi connectivity index (χ1n) is 3.42. The average molecular weight is 168 g/mol. The van der Waals surface area contributed by atoms with Crippen molar-refractivity contribution in [3.63, 3.8) is 0 Å². The van der Waals surface area contributed by atoms with Gasteiger partial charge in [0.15, 0.2) is 0 Å². The van der Waals surface area contributed by atoms with Gasteiger partial charge in [0.05, 0.1) is 0 Å². The predicted octanol–water partition coefficient (Wildman–Crippen LogP) is 2.82. The van der Waals surface area contributed by atoms with Crippen LogP contribution >= 0.6 is 22.5 Å². The number of alkyl halides is 1. The molecule has 2 heteroatoms. The van der Waals surface area contributed by atoms with Crippen LogP contribution < -0.4 is 0 Å². The maximum Gasteiger partial charge on any atom is 0.0297 e. The Morgan fingerprint density at radius 1 is 1.44 bits per heavy atom. The van der Waals surface area contributed by atoms with Crippen LogP contribution in [-0.4, -0.2) is 17.4 Å². The fraction of sp³-hybridized carbons (Fsp3) is 0.857. The Morgan fingerprint density at radius 3 is 2.56 bits per heavy atom. The molecule has 0 aromatic carbocycles. The lowest BCUT2D eigenvalue weighted by Gasteiger charge is -2.11. The van der Waals surface area contributed by atoms with Crippen LogP contribution in [0, 0.1) is 6.26 Å². The molecule has 0 heterocycles. The van der Waals surface area contributed by atoms with Crippen LogP contribution in [0.15, 0.2) is 0 Å². The van der Waals surface area contributed by atoms with Gasteiger partial charge in [-0.25, -0.2) is 0 Å². The quantitative estimate of drug-likeness (QED) is 0.473. The van der Waals surface area contributed by atoms with Crippen LogP contribution in [0.1, 0.15) is 19.8 Å². The summed E-state index contributed by atoms with van der Waals surface area (Å²) in [5.41, 5.74) is 0. The second-order valence-corrected chi connectivity index (χ2v) is 4.77. The third kappa shape index (κ3) is 6.53. The Morgan fingerprint density at radius 2 is 2.11 bits per heavy atom. The normalized spacial score (nSPS) is 15.7. The minimum absolute atomic E-state index is 0.0315. The molecule has 0 aliphatic carbocycles. The number of thiol groups is 1. The summed E-state index contributed by atoms with van der Waals surface area (Å²) in [6, 6.07) is 0. The molecule has 0 bridgehead atoms. The van der Waals surface area contributed by atoms with Crippen LogP contribution in [0.2, 0.25) is 0 Å². The van der Waals surface area contributed by atoms with Gasteiger partial charge in [0.1, 0.15) is 0 Å². The van der Waals surface area contributed by atoms with E-state index < -0.39 is 0 Å². The molecule has 1 unspecified atom stereocenters. The predicted molar refractivity (Wildman–Crippen MR) is 49.7 cm³/mol. The molecule has 0 N–H and O–H groups in total. The SMILES string of the molecule is [CH2][SH](CCCl)CCCC. The maximum absolute atomic E-state index is 5.55. The molecule has 1 radical (unpaired) electrons. The van der Waals surface area contributed by atoms with Gasteiger partial charge in [0, 0.05) is 5.88 Å². The van der Waals surface area contributed by atoms with Crippen molar-refractivity contribution in [3.05, 3.63) is 6.26 Å². The smallest absolute Gasteiger partial charge is 0.0297 e. The molecule has 0 nitrogen and oxygen atoms in total. The summed E-state index contributed by atoms with van der Waals surface area (Å²) < 4.78 is 0. The van der Waals surface area contributed by atoms with E-state index in [4.69, 9.17) is 11.6 Å². The average Bonchev–Trinajstić information content (AvgIpc) is 1.85. The van der Waals surface area contributed by atoms with Crippen molar-refractivity contribution in [1.82, 2.24) is 0 Å². The second kappa shape index (κ2) is 6.76. The number of hydrogen-bond acceptors (Lipinski definition) is 0. The Balaban J connectivity index is 2.95. The van der Waals surface area contributed by atoms with Crippen molar-refractivity contribution < 1.29 is 0 Å². The zero-order valence-corrected chi connectivity index (χ0v) is 7.72. The zero-order chi connectivity index (χ0) is 7.11. The van der Waals surface area contributed by atoms with Crippen molar-refractivity contribution in [2.24, 2.45) is 0 Å². The molecule has 0 spiro atoms. The molecule has 9 heavy (non-hydrogen) atoms. The summed E-state index contributed by atoms with van der Waals surface area (Å²) in [5, 5.41) is 0. The van der Waals surface area contributed by atoms with E-state index in [0.717, 1.165) is 11.6 Å². The van der Waals surface area contributed by atoms with Crippen molar-refractivity contribution in [3.8, 4) is 0 Å². The van der Waals surface area contributed by atoms with Crippen LogP contribution in [0.25, 0.3) is 0 Å². The number of halogens is 1. The lowest BCUT2D eigenvalue weighted by molar-refractivity contribution is 0.895. The van der Waals surface area contributed by atoms with E-state index in [2.05, 4.69) is 13.2 Å². The topological polar surface area (TPSA) is 0 Å². The largest absolute Gasteiger partial charge is 0.252 e. The maximum atomic E-state index is 5.55. The van der Waals surface area contributed by atoms with E-state index in [1.54, 1.807) is 0 Å². The first kappa shape index (κ1) is 9.64. The third-order valence-corrected chi connectivity index (χ3v) is 3.49. The van der Waals surface area contributed by atoms with Gasteiger partial charge < -0.3 is 0 Å². The highest BCUT2D eigenvalue weighted by Gasteiger charge is 1.93. The number of rotatable bonds is 5. The highest BCUT2D eigenvalue weighted by atomic mass is 35.5. The molecular weight excluding hydrogens is 152 g/mol. The van der Waals surface area contributed by atoms with Gasteiger partial charge in [0.2, 0.25) is 0 Å². The van der Waals surface area contributed by atoms with Gasteiger partial charge in [-0.15, -0.1) is 11.6 Å². The van der Waals surface area contributed by atoms with Gasteiger partial charge in [0.25, 0.3) is 0 Å². The van der Waals surface area contributed by atoms with Crippen LogP contribution in [0.4, 0.5) is 0 Å². The van der Waals surface area contributed by atoms with Gasteiger partial charge in [-0.3, -0.25) is 10.9 Å². The van der Waals surface area contributed by atoms with E-state index in [0.29, 0.717) is 0 Å². The van der Waals surface area contributed by atoms with Crippen LogP contribution in [0.5, 0.6) is 0 Å². The minimum atomic E-state index is 0.0315. The first-order valence-corrected chi connectivity index (χ1v) is 5.85. The van der Waals surface area contributed by atoms with E-state index in [-0.39, 0.29) is 10.9 Å². The van der Waals surface area contributed by atoms with Crippen molar-refractivity contribution in [2.45, 2.75) is 19.8 Å². The standard InChI is InChI=1S/C7H16ClS/c1-3-4-6-9(2)7-5-8/h9H,2-7H2,1H3. The van der Waals surface area contributed by atoms with Gasteiger partial charge in [-0.2, -0.15) is 0 Å². The minimum Gasteiger partial charge on any atom is -0.252 e. The van der Waals surface area contributed by atoms with E-state index >= 15 is 0 Å². The van der Waals surface area contributed by atoms with E-state index in [1.807, 2.05) is 0 Å². The lowest BCUT2D eigenvalue weighted by Crippen LogP contribution is -1.91. The fourth-order valence-corrected chi connectivity index (χ4v) is 2.56. The number of unbranched alkanes of at least 4 members (excludes halogenated alkanes) is 1. The molecule has 0 saturated carbocycles. The lowest BCUT2D eigenvalue weighted by atomic mass is 10.4. The Labute approximate surface area is 66.3 Å². The molecule has 57 valence electrons. The molecule has 0 aromatic heterocycles. The second-order valence-electron chi connectivity index (χ2n) is 2.16. The van der Waals surface area contributed by atoms with Gasteiger partial charge in [-0.05, 0) is 24.2 Å². The third-order valence-electron chi connectivity index (χ3n) is 1.23. The fourth-order valence-electron chi connectivity index (χ4n) is 0.613. The molecular formula is C7H16ClS. The molecule has 0 fully saturated rings. The number of hydrogen-bond donors (Lipinski definition) is 1. The van der Waals surface area contributed by atoms with Crippen LogP contribution in [-0.2, 0) is 0 Å². The summed E-state index contributed by atoms with van der Waals surface area (Å²) in [5.74, 6) is 3.23. The first-order chi connectivity index (χ1) is 4.31. The Hall–Kier alpha value is 0.640. The molecule has 0 amide bonds. The highest BCUT2D eigenvalue weighted by molar-refractivity contribution is 8.18. The molecule has 0 saturated heterocycles. The molecule has 1 atom stereocenters. The van der Waals surface area contributed by atoms with Crippen molar-refractivity contribution in [2.75, 3.05) is 17.4 Å². The summed E-state index contributed by atoms with van der Waals surface area (Å²) in [4.78, 5) is 0. The summed E-state index contributed by atoms with van der Waals surface area (Å²) in [7, 11) is 0.0315. The highest BCUT2D eigenvalue weighted by Crippen LogP contribution is 2.23. The monoisotopic (exact) mass is 167 g/mol. The summed E-state index contributed by atoms with van der Waals surface area (Å²) in [6.07, 6.45) is 6.66. The molecule has 0 rings (SSSR count). The summed E-state index contributed by atoms with van der Waals surface area (Å²) >= 11 is 5.55. The molecule has 0 aromatic rings. The van der Waals surface area contributed by atoms with Crippen molar-refractivity contribution >= 4 is 22.5 Å². The summed E-state index contributed by atoms with van der Waals surface area (Å²) in [6.45, 7) is 2.21. The molecule has 0 aliphatic rings. The van der Waals surface area contributed by atoms with Crippen molar-refractivity contribution in [1.29, 1.82) is 0 Å². The van der Waals surface area contributed by atoms with E-state index in [9.17, 15) is 0 Å². The Kier molecular flexibility index (Phi) is 7.24. The van der Waals surface area contributed by atoms with Gasteiger partial charge in [-0.1, -0.05) is 13.3 Å². The van der Waals surface area contributed by atoms with Gasteiger partial charge >= 0.3 is 0 Å². The zero-order valence-electron chi connectivity index (χ0n) is 6.07. The van der Waals surface area contributed by atoms with E-state index in [1.165, 1.54) is 18.6 Å². The van der Waals surface area contributed by atoms with Crippen LogP contribution in [0.3, 0.4) is 0 Å². The molecule has 0 aliphatic heterocycles. The Bertz CT molecular complexity index is 56.9.